The summed E-state index contributed by atoms with van der Waals surface area (Å²) in [6.45, 7) is 0.655. The van der Waals surface area contributed by atoms with E-state index >= 15 is 0 Å². The molecule has 2 aromatic rings. The fourth-order valence-electron chi connectivity index (χ4n) is 1.86. The zero-order valence-electron chi connectivity index (χ0n) is 11.7. The number of anilines is 2. The first-order valence-corrected chi connectivity index (χ1v) is 6.93. The normalized spacial score (nSPS) is 10.2. The zero-order valence-corrected chi connectivity index (χ0v) is 12.5. The van der Waals surface area contributed by atoms with Gasteiger partial charge in [0.05, 0.1) is 27.9 Å². The third-order valence-corrected chi connectivity index (χ3v) is 3.83. The molecule has 0 spiro atoms. The maximum atomic E-state index is 5.86. The Morgan fingerprint density at radius 2 is 1.75 bits per heavy atom. The standard InChI is InChI=1S/C14H18N2O3S/c1-17-11-6-9(7-12(18-2)14(11)19-3)16-8-13-10(15)4-5-20-13/h4-7,16H,8,15H2,1-3H3. The molecule has 0 unspecified atom stereocenters. The molecular weight excluding hydrogens is 276 g/mol. The van der Waals surface area contributed by atoms with E-state index < -0.39 is 0 Å². The van der Waals surface area contributed by atoms with Gasteiger partial charge in [-0.15, -0.1) is 11.3 Å². The molecule has 1 aromatic carbocycles. The summed E-state index contributed by atoms with van der Waals surface area (Å²) in [5.41, 5.74) is 7.55. The minimum atomic E-state index is 0.580. The lowest BCUT2D eigenvalue weighted by atomic mass is 10.2. The first kappa shape index (κ1) is 14.3. The van der Waals surface area contributed by atoms with Crippen molar-refractivity contribution in [3.8, 4) is 17.2 Å². The Balaban J connectivity index is 2.21. The van der Waals surface area contributed by atoms with E-state index in [0.29, 0.717) is 23.8 Å². The van der Waals surface area contributed by atoms with E-state index in [0.717, 1.165) is 16.3 Å². The van der Waals surface area contributed by atoms with Gasteiger partial charge < -0.3 is 25.3 Å². The third-order valence-electron chi connectivity index (χ3n) is 2.90. The molecule has 0 amide bonds. The molecule has 0 saturated carbocycles. The molecule has 1 aromatic heterocycles. The second-order valence-corrected chi connectivity index (χ2v) is 5.07. The van der Waals surface area contributed by atoms with Gasteiger partial charge in [-0.05, 0) is 11.4 Å². The number of methoxy groups -OCH3 is 3. The molecule has 3 N–H and O–H groups in total. The fraction of sp³-hybridized carbons (Fsp3) is 0.286. The van der Waals surface area contributed by atoms with Gasteiger partial charge >= 0.3 is 0 Å². The highest BCUT2D eigenvalue weighted by Crippen LogP contribution is 2.40. The smallest absolute Gasteiger partial charge is 0.203 e. The van der Waals surface area contributed by atoms with E-state index in [1.54, 1.807) is 32.7 Å². The Kier molecular flexibility index (Phi) is 4.57. The van der Waals surface area contributed by atoms with Crippen molar-refractivity contribution in [3.05, 3.63) is 28.5 Å². The summed E-state index contributed by atoms with van der Waals surface area (Å²) in [5.74, 6) is 1.82. The molecule has 0 bridgehead atoms. The van der Waals surface area contributed by atoms with Gasteiger partial charge in [0.25, 0.3) is 0 Å². The number of ether oxygens (including phenoxy) is 3. The lowest BCUT2D eigenvalue weighted by Crippen LogP contribution is -2.02. The number of nitrogens with one attached hydrogen (secondary N) is 1. The van der Waals surface area contributed by atoms with Crippen LogP contribution in [0.5, 0.6) is 17.2 Å². The van der Waals surface area contributed by atoms with Gasteiger partial charge in [0.15, 0.2) is 11.5 Å². The molecule has 108 valence electrons. The first-order valence-electron chi connectivity index (χ1n) is 6.05. The maximum absolute atomic E-state index is 5.86. The van der Waals surface area contributed by atoms with Crippen LogP contribution in [-0.4, -0.2) is 21.3 Å². The molecule has 0 saturated heterocycles. The Morgan fingerprint density at radius 3 is 2.20 bits per heavy atom. The van der Waals surface area contributed by atoms with Crippen LogP contribution in [-0.2, 0) is 6.54 Å². The Hall–Kier alpha value is -2.08. The summed E-state index contributed by atoms with van der Waals surface area (Å²) >= 11 is 1.62. The second kappa shape index (κ2) is 6.38. The van der Waals surface area contributed by atoms with Crippen LogP contribution in [0.1, 0.15) is 4.88 Å². The third kappa shape index (κ3) is 2.91. The summed E-state index contributed by atoms with van der Waals surface area (Å²) in [5, 5.41) is 5.28. The number of nitrogen functional groups attached to an aromatic ring is 1. The SMILES string of the molecule is COc1cc(NCc2sccc2N)cc(OC)c1OC. The average molecular weight is 294 g/mol. The molecule has 0 fully saturated rings. The van der Waals surface area contributed by atoms with Crippen molar-refractivity contribution in [3.63, 3.8) is 0 Å². The largest absolute Gasteiger partial charge is 0.493 e. The van der Waals surface area contributed by atoms with Crippen molar-refractivity contribution in [1.82, 2.24) is 0 Å². The van der Waals surface area contributed by atoms with E-state index in [9.17, 15) is 0 Å². The number of hydrogen-bond acceptors (Lipinski definition) is 6. The molecular formula is C14H18N2O3S. The van der Waals surface area contributed by atoms with Crippen molar-refractivity contribution in [1.29, 1.82) is 0 Å². The molecule has 0 aliphatic carbocycles. The highest BCUT2D eigenvalue weighted by Gasteiger charge is 2.13. The number of hydrogen-bond donors (Lipinski definition) is 2. The van der Waals surface area contributed by atoms with Gasteiger partial charge in [-0.2, -0.15) is 0 Å². The number of nitrogens with two attached hydrogens (primary N) is 1. The Bertz CT molecular complexity index is 559. The topological polar surface area (TPSA) is 65.7 Å². The van der Waals surface area contributed by atoms with Crippen LogP contribution < -0.4 is 25.3 Å². The van der Waals surface area contributed by atoms with Crippen LogP contribution in [0.25, 0.3) is 0 Å². The molecule has 0 atom stereocenters. The minimum Gasteiger partial charge on any atom is -0.493 e. The van der Waals surface area contributed by atoms with Gasteiger partial charge in [0.2, 0.25) is 5.75 Å². The predicted octanol–water partition coefficient (Wildman–Crippen LogP) is 2.97. The Labute approximate surface area is 122 Å². The van der Waals surface area contributed by atoms with Gasteiger partial charge in [0.1, 0.15) is 0 Å². The van der Waals surface area contributed by atoms with E-state index in [1.165, 1.54) is 0 Å². The number of benzene rings is 1. The summed E-state index contributed by atoms with van der Waals surface area (Å²) < 4.78 is 15.9. The molecule has 5 nitrogen and oxygen atoms in total. The van der Waals surface area contributed by atoms with Crippen molar-refractivity contribution >= 4 is 22.7 Å². The predicted molar refractivity (Wildman–Crippen MR) is 82.2 cm³/mol. The lowest BCUT2D eigenvalue weighted by molar-refractivity contribution is 0.324. The monoisotopic (exact) mass is 294 g/mol. The molecule has 0 aliphatic rings. The van der Waals surface area contributed by atoms with E-state index in [4.69, 9.17) is 19.9 Å². The first-order chi connectivity index (χ1) is 9.69. The number of rotatable bonds is 6. The second-order valence-electron chi connectivity index (χ2n) is 4.07. The lowest BCUT2D eigenvalue weighted by Gasteiger charge is -2.15. The van der Waals surface area contributed by atoms with E-state index in [-0.39, 0.29) is 0 Å². The fourth-order valence-corrected chi connectivity index (χ4v) is 2.60. The summed E-state index contributed by atoms with van der Waals surface area (Å²) in [6, 6.07) is 5.63. The zero-order chi connectivity index (χ0) is 14.5. The highest BCUT2D eigenvalue weighted by molar-refractivity contribution is 7.10. The maximum Gasteiger partial charge on any atom is 0.203 e. The average Bonchev–Trinajstić information content (AvgIpc) is 2.89. The van der Waals surface area contributed by atoms with Gasteiger partial charge in [-0.25, -0.2) is 0 Å². The van der Waals surface area contributed by atoms with Crippen molar-refractivity contribution in [2.45, 2.75) is 6.54 Å². The molecule has 1 heterocycles. The quantitative estimate of drug-likeness (QED) is 0.857. The van der Waals surface area contributed by atoms with Crippen LogP contribution in [0.4, 0.5) is 11.4 Å². The van der Waals surface area contributed by atoms with Crippen molar-refractivity contribution in [2.75, 3.05) is 32.4 Å². The molecule has 2 rings (SSSR count). The van der Waals surface area contributed by atoms with Crippen molar-refractivity contribution in [2.24, 2.45) is 0 Å². The summed E-state index contributed by atoms with van der Waals surface area (Å²) in [6.07, 6.45) is 0. The van der Waals surface area contributed by atoms with Crippen LogP contribution >= 0.6 is 11.3 Å². The van der Waals surface area contributed by atoms with Crippen LogP contribution in [0.2, 0.25) is 0 Å². The molecule has 0 aliphatic heterocycles. The van der Waals surface area contributed by atoms with Crippen LogP contribution in [0.15, 0.2) is 23.6 Å². The summed E-state index contributed by atoms with van der Waals surface area (Å²) in [4.78, 5) is 1.10. The highest BCUT2D eigenvalue weighted by atomic mass is 32.1. The van der Waals surface area contributed by atoms with Crippen LogP contribution in [0.3, 0.4) is 0 Å². The molecule has 6 heteroatoms. The minimum absolute atomic E-state index is 0.580. The van der Waals surface area contributed by atoms with E-state index in [1.807, 2.05) is 23.6 Å². The summed E-state index contributed by atoms with van der Waals surface area (Å²) in [7, 11) is 4.77. The van der Waals surface area contributed by atoms with Gasteiger partial charge in [-0.3, -0.25) is 0 Å². The van der Waals surface area contributed by atoms with E-state index in [2.05, 4.69) is 5.32 Å². The number of thiophene rings is 1. The van der Waals surface area contributed by atoms with Crippen molar-refractivity contribution < 1.29 is 14.2 Å². The Morgan fingerprint density at radius 1 is 1.10 bits per heavy atom. The van der Waals surface area contributed by atoms with Gasteiger partial charge in [-0.1, -0.05) is 0 Å². The molecule has 20 heavy (non-hydrogen) atoms. The molecule has 0 radical (unpaired) electrons. The van der Waals surface area contributed by atoms with Crippen LogP contribution in [0, 0.1) is 0 Å². The van der Waals surface area contributed by atoms with Gasteiger partial charge in [0, 0.05) is 28.4 Å².